The highest BCUT2D eigenvalue weighted by Gasteiger charge is 2.26. The minimum Gasteiger partial charge on any atom is -0.494 e. The summed E-state index contributed by atoms with van der Waals surface area (Å²) in [5, 5.41) is 20.9. The van der Waals surface area contributed by atoms with Crippen LogP contribution in [0, 0.1) is 0 Å². The van der Waals surface area contributed by atoms with Crippen LogP contribution in [0.3, 0.4) is 0 Å². The molecule has 1 aliphatic rings. The molecule has 2 aromatic rings. The van der Waals surface area contributed by atoms with Crippen molar-refractivity contribution in [1.82, 2.24) is 4.57 Å². The number of halogens is 1. The molecule has 20 heavy (non-hydrogen) atoms. The van der Waals surface area contributed by atoms with Gasteiger partial charge in [-0.15, -0.1) is 0 Å². The standard InChI is InChI=1S/C16H16BrNO2/c1-9-7-13-14(8-10(9)2)16(20)18(15(13)19)12-5-3-11(17)4-6-12/h3-6,19-20H,7-8H2,1-2H3. The number of allylic oxidation sites excluding steroid dienone is 2. The summed E-state index contributed by atoms with van der Waals surface area (Å²) >= 11 is 3.39. The van der Waals surface area contributed by atoms with Gasteiger partial charge in [0.05, 0.1) is 5.69 Å². The van der Waals surface area contributed by atoms with Gasteiger partial charge >= 0.3 is 0 Å². The van der Waals surface area contributed by atoms with Crippen LogP contribution in [0.4, 0.5) is 0 Å². The molecule has 0 saturated carbocycles. The number of fused-ring (bicyclic) bond motifs is 1. The predicted octanol–water partition coefficient (Wildman–Crippen LogP) is 4.09. The molecule has 3 nitrogen and oxygen atoms in total. The highest BCUT2D eigenvalue weighted by Crippen LogP contribution is 2.42. The second kappa shape index (κ2) is 4.70. The topological polar surface area (TPSA) is 45.4 Å². The minimum absolute atomic E-state index is 0.145. The van der Waals surface area contributed by atoms with E-state index in [-0.39, 0.29) is 11.8 Å². The van der Waals surface area contributed by atoms with Gasteiger partial charge in [0.15, 0.2) is 0 Å². The zero-order valence-corrected chi connectivity index (χ0v) is 13.0. The molecule has 0 saturated heterocycles. The maximum atomic E-state index is 10.5. The molecular formula is C16H16BrNO2. The quantitative estimate of drug-likeness (QED) is 0.772. The lowest BCUT2D eigenvalue weighted by Crippen LogP contribution is -2.03. The van der Waals surface area contributed by atoms with Gasteiger partial charge in [0.1, 0.15) is 0 Å². The Kier molecular flexibility index (Phi) is 3.13. The number of hydrogen-bond acceptors (Lipinski definition) is 2. The summed E-state index contributed by atoms with van der Waals surface area (Å²) in [6.45, 7) is 4.15. The highest BCUT2D eigenvalue weighted by molar-refractivity contribution is 9.10. The monoisotopic (exact) mass is 333 g/mol. The molecule has 3 rings (SSSR count). The van der Waals surface area contributed by atoms with E-state index in [2.05, 4.69) is 29.8 Å². The first-order chi connectivity index (χ1) is 9.49. The van der Waals surface area contributed by atoms with Gasteiger partial charge in [0.25, 0.3) is 0 Å². The van der Waals surface area contributed by atoms with Gasteiger partial charge in [-0.3, -0.25) is 4.57 Å². The second-order valence-electron chi connectivity index (χ2n) is 5.33. The number of hydrogen-bond donors (Lipinski definition) is 2. The van der Waals surface area contributed by atoms with Crippen LogP contribution < -0.4 is 0 Å². The van der Waals surface area contributed by atoms with Crippen molar-refractivity contribution >= 4 is 15.9 Å². The Balaban J connectivity index is 2.16. The fourth-order valence-electron chi connectivity index (χ4n) is 2.68. The first kappa shape index (κ1) is 13.3. The molecule has 1 heterocycles. The fourth-order valence-corrected chi connectivity index (χ4v) is 2.94. The maximum Gasteiger partial charge on any atom is 0.202 e. The van der Waals surface area contributed by atoms with Crippen molar-refractivity contribution in [2.24, 2.45) is 0 Å². The van der Waals surface area contributed by atoms with Gasteiger partial charge in [-0.25, -0.2) is 0 Å². The van der Waals surface area contributed by atoms with E-state index in [1.165, 1.54) is 15.7 Å². The number of aromatic hydroxyl groups is 2. The SMILES string of the molecule is CC1=C(C)Cc2c(c(O)n(-c3ccc(Br)cc3)c2O)C1. The summed E-state index contributed by atoms with van der Waals surface area (Å²) < 4.78 is 2.48. The molecule has 0 unspecified atom stereocenters. The van der Waals surface area contributed by atoms with E-state index in [1.54, 1.807) is 0 Å². The Morgan fingerprint density at radius 2 is 1.35 bits per heavy atom. The molecule has 1 aliphatic carbocycles. The second-order valence-corrected chi connectivity index (χ2v) is 6.25. The van der Waals surface area contributed by atoms with Crippen LogP contribution in [0.1, 0.15) is 25.0 Å². The Morgan fingerprint density at radius 1 is 0.900 bits per heavy atom. The van der Waals surface area contributed by atoms with E-state index in [4.69, 9.17) is 0 Å². The van der Waals surface area contributed by atoms with E-state index in [1.807, 2.05) is 24.3 Å². The first-order valence-electron chi connectivity index (χ1n) is 6.54. The van der Waals surface area contributed by atoms with Crippen molar-refractivity contribution in [3.63, 3.8) is 0 Å². The molecule has 0 bridgehead atoms. The van der Waals surface area contributed by atoms with Crippen LogP contribution in [0.25, 0.3) is 5.69 Å². The van der Waals surface area contributed by atoms with E-state index in [0.717, 1.165) is 21.3 Å². The third-order valence-electron chi connectivity index (χ3n) is 4.02. The maximum absolute atomic E-state index is 10.5. The lowest BCUT2D eigenvalue weighted by Gasteiger charge is -2.15. The molecule has 0 spiro atoms. The van der Waals surface area contributed by atoms with Crippen LogP contribution in [0.5, 0.6) is 11.8 Å². The average Bonchev–Trinajstić information content (AvgIpc) is 2.65. The van der Waals surface area contributed by atoms with Crippen molar-refractivity contribution in [2.75, 3.05) is 0 Å². The number of benzene rings is 1. The molecule has 2 N–H and O–H groups in total. The summed E-state index contributed by atoms with van der Waals surface area (Å²) in [6.07, 6.45) is 1.40. The molecule has 1 aromatic carbocycles. The lowest BCUT2D eigenvalue weighted by molar-refractivity contribution is 0.399. The highest BCUT2D eigenvalue weighted by atomic mass is 79.9. The number of nitrogens with zero attached hydrogens (tertiary/aromatic N) is 1. The van der Waals surface area contributed by atoms with E-state index < -0.39 is 0 Å². The summed E-state index contributed by atoms with van der Waals surface area (Å²) in [4.78, 5) is 0. The van der Waals surface area contributed by atoms with Gasteiger partial charge in [0, 0.05) is 15.6 Å². The van der Waals surface area contributed by atoms with E-state index >= 15 is 0 Å². The van der Waals surface area contributed by atoms with Crippen LogP contribution in [-0.4, -0.2) is 14.8 Å². The summed E-state index contributed by atoms with van der Waals surface area (Å²) in [7, 11) is 0. The summed E-state index contributed by atoms with van der Waals surface area (Å²) in [6, 6.07) is 7.51. The lowest BCUT2D eigenvalue weighted by atomic mass is 9.90. The average molecular weight is 334 g/mol. The number of aromatic nitrogens is 1. The molecule has 0 atom stereocenters. The van der Waals surface area contributed by atoms with Crippen LogP contribution in [0.2, 0.25) is 0 Å². The molecule has 104 valence electrons. The number of rotatable bonds is 1. The molecule has 0 amide bonds. The molecule has 0 aliphatic heterocycles. The molecule has 4 heteroatoms. The van der Waals surface area contributed by atoms with Crippen LogP contribution >= 0.6 is 15.9 Å². The van der Waals surface area contributed by atoms with Gasteiger partial charge in [-0.1, -0.05) is 27.1 Å². The Bertz CT molecular complexity index is 674. The largest absolute Gasteiger partial charge is 0.494 e. The molecule has 0 radical (unpaired) electrons. The van der Waals surface area contributed by atoms with Crippen molar-refractivity contribution in [2.45, 2.75) is 26.7 Å². The van der Waals surface area contributed by atoms with Crippen molar-refractivity contribution in [1.29, 1.82) is 0 Å². The van der Waals surface area contributed by atoms with Crippen molar-refractivity contribution in [3.05, 3.63) is 51.0 Å². The fraction of sp³-hybridized carbons (Fsp3) is 0.250. The van der Waals surface area contributed by atoms with Gasteiger partial charge in [0.2, 0.25) is 11.8 Å². The van der Waals surface area contributed by atoms with Crippen molar-refractivity contribution < 1.29 is 10.2 Å². The zero-order valence-electron chi connectivity index (χ0n) is 11.4. The third kappa shape index (κ3) is 1.95. The van der Waals surface area contributed by atoms with E-state index in [9.17, 15) is 10.2 Å². The molecule has 1 aromatic heterocycles. The minimum atomic E-state index is 0.145. The van der Waals surface area contributed by atoms with Gasteiger partial charge in [-0.05, 0) is 51.0 Å². The van der Waals surface area contributed by atoms with Gasteiger partial charge < -0.3 is 10.2 Å². The van der Waals surface area contributed by atoms with Crippen molar-refractivity contribution in [3.8, 4) is 17.4 Å². The van der Waals surface area contributed by atoms with Crippen LogP contribution in [0.15, 0.2) is 39.9 Å². The molecular weight excluding hydrogens is 318 g/mol. The normalized spacial score (nSPS) is 14.6. The first-order valence-corrected chi connectivity index (χ1v) is 7.34. The zero-order chi connectivity index (χ0) is 14.4. The Labute approximate surface area is 126 Å². The Morgan fingerprint density at radius 3 is 1.80 bits per heavy atom. The summed E-state index contributed by atoms with van der Waals surface area (Å²) in [5.41, 5.74) is 4.97. The van der Waals surface area contributed by atoms with E-state index in [0.29, 0.717) is 12.8 Å². The van der Waals surface area contributed by atoms with Crippen LogP contribution in [-0.2, 0) is 12.8 Å². The third-order valence-corrected chi connectivity index (χ3v) is 4.55. The Hall–Kier alpha value is -1.68. The molecule has 0 fully saturated rings. The van der Waals surface area contributed by atoms with Gasteiger partial charge in [-0.2, -0.15) is 0 Å². The predicted molar refractivity (Wildman–Crippen MR) is 82.6 cm³/mol. The smallest absolute Gasteiger partial charge is 0.202 e. The summed E-state index contributed by atoms with van der Waals surface area (Å²) in [5.74, 6) is 0.290.